The number of likely N-dealkylation sites (tertiary alicyclic amines) is 1. The van der Waals surface area contributed by atoms with Crippen LogP contribution in [0.3, 0.4) is 0 Å². The van der Waals surface area contributed by atoms with Crippen molar-refractivity contribution < 1.29 is 17.9 Å². The topological polar surface area (TPSA) is 68.7 Å². The molecule has 3 rings (SSSR count). The highest BCUT2D eigenvalue weighted by atomic mass is 32.2. The van der Waals surface area contributed by atoms with E-state index >= 15 is 0 Å². The quantitative estimate of drug-likeness (QED) is 0.773. The normalized spacial score (nSPS) is 25.4. The fourth-order valence-corrected chi connectivity index (χ4v) is 6.21. The van der Waals surface area contributed by atoms with Gasteiger partial charge >= 0.3 is 0 Å². The smallest absolute Gasteiger partial charge is 0.217 e. The number of rotatable bonds is 6. The summed E-state index contributed by atoms with van der Waals surface area (Å²) < 4.78 is 35.3. The molecule has 2 saturated heterocycles. The second kappa shape index (κ2) is 6.37. The van der Waals surface area contributed by atoms with Crippen molar-refractivity contribution in [2.24, 2.45) is 5.92 Å². The molecule has 0 amide bonds. The molecule has 2 aliphatic rings. The summed E-state index contributed by atoms with van der Waals surface area (Å²) in [5.74, 6) is 1.00. The summed E-state index contributed by atoms with van der Waals surface area (Å²) >= 11 is 0. The molecular formula is C16H24N2O4S. The van der Waals surface area contributed by atoms with Gasteiger partial charge in [-0.25, -0.2) is 13.4 Å². The standard InChI is InChI=1S/C16H24N2O4S/c1-3-22-10-14-6-8-23(19,20)16(14)11-18(12-16)9-13-5-4-7-17-15(13)21-2/h4-5,7,14H,3,6,8-12H2,1-2H3/t14-/m0/s1. The molecule has 0 aliphatic carbocycles. The number of hydrogen-bond acceptors (Lipinski definition) is 6. The van der Waals surface area contributed by atoms with Crippen LogP contribution in [0.15, 0.2) is 18.3 Å². The molecule has 6 nitrogen and oxygen atoms in total. The van der Waals surface area contributed by atoms with Gasteiger partial charge in [0.25, 0.3) is 0 Å². The molecule has 23 heavy (non-hydrogen) atoms. The maximum Gasteiger partial charge on any atom is 0.217 e. The molecular weight excluding hydrogens is 316 g/mol. The Bertz CT molecular complexity index is 656. The third-order valence-corrected chi connectivity index (χ3v) is 7.64. The van der Waals surface area contributed by atoms with Crippen LogP contribution in [0, 0.1) is 5.92 Å². The molecule has 2 aliphatic heterocycles. The van der Waals surface area contributed by atoms with Gasteiger partial charge in [-0.2, -0.15) is 0 Å². The fraction of sp³-hybridized carbons (Fsp3) is 0.688. The van der Waals surface area contributed by atoms with Crippen LogP contribution < -0.4 is 4.74 Å². The second-order valence-electron chi connectivity index (χ2n) is 6.35. The summed E-state index contributed by atoms with van der Waals surface area (Å²) in [6.07, 6.45) is 2.41. The van der Waals surface area contributed by atoms with Crippen molar-refractivity contribution in [1.82, 2.24) is 9.88 Å². The molecule has 1 atom stereocenters. The molecule has 2 fully saturated rings. The summed E-state index contributed by atoms with van der Waals surface area (Å²) in [4.78, 5) is 6.35. The maximum atomic E-state index is 12.5. The van der Waals surface area contributed by atoms with Gasteiger partial charge in [-0.05, 0) is 19.4 Å². The minimum Gasteiger partial charge on any atom is -0.481 e. The zero-order chi connectivity index (χ0) is 16.5. The van der Waals surface area contributed by atoms with Crippen molar-refractivity contribution in [3.8, 4) is 5.88 Å². The predicted octanol–water partition coefficient (Wildman–Crippen LogP) is 1.12. The monoisotopic (exact) mass is 340 g/mol. The van der Waals surface area contributed by atoms with Gasteiger partial charge in [-0.1, -0.05) is 6.07 Å². The Balaban J connectivity index is 1.70. The molecule has 0 unspecified atom stereocenters. The Morgan fingerprint density at radius 3 is 2.91 bits per heavy atom. The van der Waals surface area contributed by atoms with Crippen molar-refractivity contribution in [3.63, 3.8) is 0 Å². The predicted molar refractivity (Wildman–Crippen MR) is 87.2 cm³/mol. The van der Waals surface area contributed by atoms with Gasteiger partial charge in [-0.15, -0.1) is 0 Å². The van der Waals surface area contributed by atoms with E-state index < -0.39 is 14.6 Å². The van der Waals surface area contributed by atoms with Crippen LogP contribution in [-0.4, -0.2) is 62.2 Å². The van der Waals surface area contributed by atoms with E-state index in [-0.39, 0.29) is 11.7 Å². The number of methoxy groups -OCH3 is 1. The molecule has 0 bridgehead atoms. The summed E-state index contributed by atoms with van der Waals surface area (Å²) in [7, 11) is -1.44. The fourth-order valence-electron chi connectivity index (χ4n) is 3.76. The van der Waals surface area contributed by atoms with Crippen LogP contribution in [0.4, 0.5) is 0 Å². The van der Waals surface area contributed by atoms with Crippen LogP contribution in [0.2, 0.25) is 0 Å². The molecule has 1 aromatic heterocycles. The van der Waals surface area contributed by atoms with E-state index in [4.69, 9.17) is 9.47 Å². The van der Waals surface area contributed by atoms with Crippen LogP contribution >= 0.6 is 0 Å². The first-order chi connectivity index (χ1) is 11.0. The Morgan fingerprint density at radius 2 is 2.22 bits per heavy atom. The van der Waals surface area contributed by atoms with E-state index in [9.17, 15) is 8.42 Å². The molecule has 1 spiro atoms. The minimum atomic E-state index is -3.04. The van der Waals surface area contributed by atoms with Gasteiger partial charge in [0, 0.05) is 43.9 Å². The lowest BCUT2D eigenvalue weighted by Gasteiger charge is -2.50. The molecule has 0 saturated carbocycles. The first kappa shape index (κ1) is 16.7. The van der Waals surface area contributed by atoms with E-state index in [1.165, 1.54) is 0 Å². The first-order valence-electron chi connectivity index (χ1n) is 8.02. The van der Waals surface area contributed by atoms with Gasteiger partial charge in [0.15, 0.2) is 9.84 Å². The van der Waals surface area contributed by atoms with Gasteiger partial charge in [0.05, 0.1) is 19.5 Å². The van der Waals surface area contributed by atoms with E-state index in [0.29, 0.717) is 45.1 Å². The van der Waals surface area contributed by atoms with E-state index in [0.717, 1.165) is 5.56 Å². The van der Waals surface area contributed by atoms with Crippen molar-refractivity contribution in [2.45, 2.75) is 24.6 Å². The average molecular weight is 340 g/mol. The molecule has 0 aromatic carbocycles. The Hall–Kier alpha value is -1.18. The van der Waals surface area contributed by atoms with Gasteiger partial charge in [0.2, 0.25) is 5.88 Å². The number of pyridine rings is 1. The molecule has 7 heteroatoms. The first-order valence-corrected chi connectivity index (χ1v) is 9.68. The zero-order valence-electron chi connectivity index (χ0n) is 13.7. The Morgan fingerprint density at radius 1 is 1.43 bits per heavy atom. The molecule has 1 aromatic rings. The number of sulfone groups is 1. The van der Waals surface area contributed by atoms with Crippen molar-refractivity contribution >= 4 is 9.84 Å². The minimum absolute atomic E-state index is 0.111. The molecule has 3 heterocycles. The van der Waals surface area contributed by atoms with Crippen molar-refractivity contribution in [1.29, 1.82) is 0 Å². The third-order valence-electron chi connectivity index (χ3n) is 5.04. The van der Waals surface area contributed by atoms with Crippen molar-refractivity contribution in [3.05, 3.63) is 23.9 Å². The van der Waals surface area contributed by atoms with E-state index in [2.05, 4.69) is 9.88 Å². The lowest BCUT2D eigenvalue weighted by molar-refractivity contribution is 0.0288. The molecule has 0 N–H and O–H groups in total. The SMILES string of the molecule is CCOC[C@@H]1CCS(=O)(=O)C12CN(Cc1cccnc1OC)C2. The average Bonchev–Trinajstić information content (AvgIpc) is 2.77. The Kier molecular flexibility index (Phi) is 4.62. The number of nitrogens with zero attached hydrogens (tertiary/aromatic N) is 2. The van der Waals surface area contributed by atoms with Crippen LogP contribution in [0.5, 0.6) is 5.88 Å². The van der Waals surface area contributed by atoms with Crippen LogP contribution in [0.25, 0.3) is 0 Å². The summed E-state index contributed by atoms with van der Waals surface area (Å²) in [6, 6.07) is 3.84. The maximum absolute atomic E-state index is 12.5. The number of aromatic nitrogens is 1. The highest BCUT2D eigenvalue weighted by Crippen LogP contribution is 2.45. The highest BCUT2D eigenvalue weighted by molar-refractivity contribution is 7.93. The molecule has 0 radical (unpaired) electrons. The lowest BCUT2D eigenvalue weighted by atomic mass is 9.83. The van der Waals surface area contributed by atoms with Crippen LogP contribution in [0.1, 0.15) is 18.9 Å². The summed E-state index contributed by atoms with van der Waals surface area (Å²) in [5, 5.41) is 0. The van der Waals surface area contributed by atoms with Crippen molar-refractivity contribution in [2.75, 3.05) is 39.2 Å². The lowest BCUT2D eigenvalue weighted by Crippen LogP contribution is -2.67. The second-order valence-corrected chi connectivity index (χ2v) is 8.80. The third kappa shape index (κ3) is 2.86. The summed E-state index contributed by atoms with van der Waals surface area (Å²) in [6.45, 7) is 4.92. The zero-order valence-corrected chi connectivity index (χ0v) is 14.5. The van der Waals surface area contributed by atoms with Gasteiger partial charge in [0.1, 0.15) is 4.75 Å². The largest absolute Gasteiger partial charge is 0.481 e. The van der Waals surface area contributed by atoms with E-state index in [1.54, 1.807) is 13.3 Å². The van der Waals surface area contributed by atoms with Gasteiger partial charge in [-0.3, -0.25) is 4.90 Å². The molecule has 128 valence electrons. The summed E-state index contributed by atoms with van der Waals surface area (Å²) in [5.41, 5.74) is 0.988. The van der Waals surface area contributed by atoms with Crippen LogP contribution in [-0.2, 0) is 21.1 Å². The number of ether oxygens (including phenoxy) is 2. The number of hydrogen-bond donors (Lipinski definition) is 0. The van der Waals surface area contributed by atoms with E-state index in [1.807, 2.05) is 19.1 Å². The highest BCUT2D eigenvalue weighted by Gasteiger charge is 2.61. The Labute approximate surface area is 137 Å². The van der Waals surface area contributed by atoms with Gasteiger partial charge < -0.3 is 9.47 Å².